The minimum absolute atomic E-state index is 0.986. The number of hydrogen-bond donors (Lipinski definition) is 2. The molecule has 14 heavy (non-hydrogen) atoms. The summed E-state index contributed by atoms with van der Waals surface area (Å²) < 4.78 is 0. The van der Waals surface area contributed by atoms with E-state index >= 15 is 0 Å². The monoisotopic (exact) mass is 207 g/mol. The lowest BCUT2D eigenvalue weighted by atomic mass is 10.3. The van der Waals surface area contributed by atoms with Crippen LogP contribution in [-0.4, -0.2) is 23.6 Å². The molecule has 2 rings (SSSR count). The second-order valence-corrected chi connectivity index (χ2v) is 4.02. The van der Waals surface area contributed by atoms with E-state index in [0.717, 1.165) is 24.2 Å². The summed E-state index contributed by atoms with van der Waals surface area (Å²) in [5, 5.41) is 6.42. The molecular formula is C10H13N3S. The fraction of sp³-hybridized carbons (Fsp3) is 0.300. The van der Waals surface area contributed by atoms with E-state index < -0.39 is 0 Å². The number of hydrogen-bond acceptors (Lipinski definition) is 3. The van der Waals surface area contributed by atoms with Gasteiger partial charge in [0.2, 0.25) is 0 Å². The van der Waals surface area contributed by atoms with E-state index in [1.54, 1.807) is 11.3 Å². The first-order valence-corrected chi connectivity index (χ1v) is 5.50. The predicted octanol–water partition coefficient (Wildman–Crippen LogP) is 1.90. The van der Waals surface area contributed by atoms with Crippen LogP contribution in [0.25, 0.3) is 11.3 Å². The fourth-order valence-corrected chi connectivity index (χ4v) is 2.08. The summed E-state index contributed by atoms with van der Waals surface area (Å²) in [7, 11) is 1.96. The Morgan fingerprint density at radius 3 is 3.21 bits per heavy atom. The lowest BCUT2D eigenvalue weighted by molar-refractivity contribution is 0.788. The summed E-state index contributed by atoms with van der Waals surface area (Å²) in [6, 6.07) is 2.04. The lowest BCUT2D eigenvalue weighted by Gasteiger charge is -1.93. The van der Waals surface area contributed by atoms with E-state index in [4.69, 9.17) is 0 Å². The van der Waals surface area contributed by atoms with Crippen LogP contribution >= 0.6 is 11.3 Å². The molecule has 0 aliphatic rings. The van der Waals surface area contributed by atoms with E-state index in [9.17, 15) is 0 Å². The molecule has 2 aromatic rings. The van der Waals surface area contributed by atoms with Crippen LogP contribution in [-0.2, 0) is 6.42 Å². The summed E-state index contributed by atoms with van der Waals surface area (Å²) in [6.45, 7) is 0.986. The van der Waals surface area contributed by atoms with Gasteiger partial charge in [0, 0.05) is 36.3 Å². The maximum atomic E-state index is 4.55. The van der Waals surface area contributed by atoms with Crippen molar-refractivity contribution in [3.8, 4) is 11.3 Å². The van der Waals surface area contributed by atoms with Crippen LogP contribution in [0.5, 0.6) is 0 Å². The van der Waals surface area contributed by atoms with Crippen molar-refractivity contribution in [2.75, 3.05) is 13.6 Å². The SMILES string of the molecule is CNCCc1nc(-c2cc[nH]c2)cs1. The highest BCUT2D eigenvalue weighted by Gasteiger charge is 2.03. The fourth-order valence-electron chi connectivity index (χ4n) is 1.27. The molecule has 2 N–H and O–H groups in total. The van der Waals surface area contributed by atoms with Crippen molar-refractivity contribution in [1.29, 1.82) is 0 Å². The number of aromatic nitrogens is 2. The zero-order valence-corrected chi connectivity index (χ0v) is 8.90. The number of aromatic amines is 1. The summed E-state index contributed by atoms with van der Waals surface area (Å²) in [4.78, 5) is 7.58. The first kappa shape index (κ1) is 9.43. The summed E-state index contributed by atoms with van der Waals surface area (Å²) in [5.41, 5.74) is 2.24. The average molecular weight is 207 g/mol. The van der Waals surface area contributed by atoms with Gasteiger partial charge in [0.05, 0.1) is 10.7 Å². The third kappa shape index (κ3) is 2.02. The summed E-state index contributed by atoms with van der Waals surface area (Å²) in [6.07, 6.45) is 4.89. The molecule has 0 saturated heterocycles. The number of nitrogens with zero attached hydrogens (tertiary/aromatic N) is 1. The van der Waals surface area contributed by atoms with Gasteiger partial charge in [-0.05, 0) is 13.1 Å². The number of H-pyrrole nitrogens is 1. The van der Waals surface area contributed by atoms with Gasteiger partial charge in [-0.15, -0.1) is 11.3 Å². The first-order chi connectivity index (χ1) is 6.90. The van der Waals surface area contributed by atoms with Gasteiger partial charge in [-0.2, -0.15) is 0 Å². The van der Waals surface area contributed by atoms with E-state index in [1.807, 2.05) is 25.5 Å². The Morgan fingerprint density at radius 1 is 1.57 bits per heavy atom. The molecule has 0 unspecified atom stereocenters. The zero-order valence-electron chi connectivity index (χ0n) is 8.08. The van der Waals surface area contributed by atoms with Crippen LogP contribution in [0.2, 0.25) is 0 Å². The van der Waals surface area contributed by atoms with Crippen molar-refractivity contribution in [2.24, 2.45) is 0 Å². The van der Waals surface area contributed by atoms with Crippen molar-refractivity contribution in [3.05, 3.63) is 28.8 Å². The van der Waals surface area contributed by atoms with Crippen LogP contribution in [0.1, 0.15) is 5.01 Å². The molecule has 0 bridgehead atoms. The summed E-state index contributed by atoms with van der Waals surface area (Å²) in [5.74, 6) is 0. The van der Waals surface area contributed by atoms with Crippen molar-refractivity contribution in [3.63, 3.8) is 0 Å². The molecule has 0 fully saturated rings. The molecule has 0 spiro atoms. The van der Waals surface area contributed by atoms with Crippen LogP contribution < -0.4 is 5.32 Å². The molecule has 3 nitrogen and oxygen atoms in total. The molecule has 0 saturated carbocycles. The largest absolute Gasteiger partial charge is 0.367 e. The molecule has 0 radical (unpaired) electrons. The third-order valence-electron chi connectivity index (χ3n) is 2.03. The highest BCUT2D eigenvalue weighted by molar-refractivity contribution is 7.09. The zero-order chi connectivity index (χ0) is 9.80. The highest BCUT2D eigenvalue weighted by Crippen LogP contribution is 2.21. The number of rotatable bonds is 4. The number of likely N-dealkylation sites (N-methyl/N-ethyl adjacent to an activating group) is 1. The lowest BCUT2D eigenvalue weighted by Crippen LogP contribution is -2.09. The Hall–Kier alpha value is -1.13. The van der Waals surface area contributed by atoms with Gasteiger partial charge in [0.15, 0.2) is 0 Å². The van der Waals surface area contributed by atoms with Gasteiger partial charge >= 0.3 is 0 Å². The van der Waals surface area contributed by atoms with E-state index in [1.165, 1.54) is 5.01 Å². The Kier molecular flexibility index (Phi) is 2.96. The Labute approximate surface area is 87.2 Å². The smallest absolute Gasteiger partial charge is 0.0945 e. The number of thiazole rings is 1. The van der Waals surface area contributed by atoms with Crippen LogP contribution in [0.3, 0.4) is 0 Å². The minimum atomic E-state index is 0.986. The molecule has 0 aromatic carbocycles. The minimum Gasteiger partial charge on any atom is -0.367 e. The summed E-state index contributed by atoms with van der Waals surface area (Å²) >= 11 is 1.72. The van der Waals surface area contributed by atoms with Crippen LogP contribution in [0, 0.1) is 0 Å². The van der Waals surface area contributed by atoms with Gasteiger partial charge in [-0.25, -0.2) is 4.98 Å². The topological polar surface area (TPSA) is 40.7 Å². The van der Waals surface area contributed by atoms with Crippen LogP contribution in [0.15, 0.2) is 23.8 Å². The Morgan fingerprint density at radius 2 is 2.50 bits per heavy atom. The second-order valence-electron chi connectivity index (χ2n) is 3.08. The first-order valence-electron chi connectivity index (χ1n) is 4.62. The van der Waals surface area contributed by atoms with Gasteiger partial charge in [0.1, 0.15) is 0 Å². The molecule has 2 aromatic heterocycles. The van der Waals surface area contributed by atoms with Gasteiger partial charge < -0.3 is 10.3 Å². The molecular weight excluding hydrogens is 194 g/mol. The number of nitrogens with one attached hydrogen (secondary N) is 2. The van der Waals surface area contributed by atoms with Crippen molar-refractivity contribution < 1.29 is 0 Å². The normalized spacial score (nSPS) is 10.6. The maximum absolute atomic E-state index is 4.55. The van der Waals surface area contributed by atoms with E-state index in [-0.39, 0.29) is 0 Å². The Balaban J connectivity index is 2.10. The third-order valence-corrected chi connectivity index (χ3v) is 2.94. The van der Waals surface area contributed by atoms with Crippen LogP contribution in [0.4, 0.5) is 0 Å². The van der Waals surface area contributed by atoms with Crippen molar-refractivity contribution in [1.82, 2.24) is 15.3 Å². The molecule has 0 atom stereocenters. The Bertz CT molecular complexity index is 378. The van der Waals surface area contributed by atoms with Crippen molar-refractivity contribution >= 4 is 11.3 Å². The highest BCUT2D eigenvalue weighted by atomic mass is 32.1. The van der Waals surface area contributed by atoms with Crippen molar-refractivity contribution in [2.45, 2.75) is 6.42 Å². The second kappa shape index (κ2) is 4.39. The standard InChI is InChI=1S/C10H13N3S/c1-11-4-3-10-13-9(7-14-10)8-2-5-12-6-8/h2,5-7,11-12H,3-4H2,1H3. The van der Waals surface area contributed by atoms with E-state index in [2.05, 4.69) is 20.7 Å². The van der Waals surface area contributed by atoms with Gasteiger partial charge in [-0.1, -0.05) is 0 Å². The quantitative estimate of drug-likeness (QED) is 0.804. The van der Waals surface area contributed by atoms with Gasteiger partial charge in [0.25, 0.3) is 0 Å². The molecule has 4 heteroatoms. The molecule has 74 valence electrons. The van der Waals surface area contributed by atoms with E-state index in [0.29, 0.717) is 0 Å². The molecule has 0 amide bonds. The van der Waals surface area contributed by atoms with Gasteiger partial charge in [-0.3, -0.25) is 0 Å². The molecule has 2 heterocycles. The predicted molar refractivity (Wildman–Crippen MR) is 59.5 cm³/mol. The maximum Gasteiger partial charge on any atom is 0.0945 e. The molecule has 0 aliphatic heterocycles. The average Bonchev–Trinajstić information content (AvgIpc) is 2.85. The molecule has 0 aliphatic carbocycles.